The molecule has 1 atom stereocenters. The molecule has 29 heavy (non-hydrogen) atoms. The van der Waals surface area contributed by atoms with E-state index in [0.717, 1.165) is 17.0 Å². The zero-order valence-electron chi connectivity index (χ0n) is 16.9. The first-order valence-corrected chi connectivity index (χ1v) is 10.5. The van der Waals surface area contributed by atoms with Gasteiger partial charge in [-0.1, -0.05) is 54.6 Å². The summed E-state index contributed by atoms with van der Waals surface area (Å²) in [5.74, 6) is 1.19. The number of aromatic nitrogens is 3. The molecule has 0 amide bonds. The van der Waals surface area contributed by atoms with Gasteiger partial charge < -0.3 is 9.47 Å². The first kappa shape index (κ1) is 20.9. The number of nitrogens with zero attached hydrogens (tertiary/aromatic N) is 3. The van der Waals surface area contributed by atoms with E-state index >= 15 is 0 Å². The van der Waals surface area contributed by atoms with Crippen LogP contribution in [0.3, 0.4) is 0 Å². The van der Waals surface area contributed by atoms with Crippen LogP contribution in [0.15, 0.2) is 59.8 Å². The van der Waals surface area contributed by atoms with Gasteiger partial charge in [-0.3, -0.25) is 9.36 Å². The average Bonchev–Trinajstić information content (AvgIpc) is 3.14. The van der Waals surface area contributed by atoms with Crippen LogP contribution in [0.25, 0.3) is 5.69 Å². The van der Waals surface area contributed by atoms with Gasteiger partial charge in [-0.15, -0.1) is 10.2 Å². The van der Waals surface area contributed by atoms with Crippen LogP contribution in [0, 0.1) is 6.92 Å². The molecule has 7 heteroatoms. The summed E-state index contributed by atoms with van der Waals surface area (Å²) in [6, 6.07) is 17.7. The largest absolute Gasteiger partial charge is 0.486 e. The monoisotopic (exact) mass is 411 g/mol. The molecule has 0 radical (unpaired) electrons. The number of carbonyl (C=O) groups is 1. The second-order valence-corrected chi connectivity index (χ2v) is 7.61. The van der Waals surface area contributed by atoms with E-state index in [9.17, 15) is 4.79 Å². The van der Waals surface area contributed by atoms with Crippen molar-refractivity contribution in [2.45, 2.75) is 44.2 Å². The van der Waals surface area contributed by atoms with Gasteiger partial charge in [0.2, 0.25) is 0 Å². The minimum absolute atomic E-state index is 0.236. The van der Waals surface area contributed by atoms with Crippen molar-refractivity contribution in [2.24, 2.45) is 0 Å². The molecule has 0 saturated carbocycles. The fourth-order valence-corrected chi connectivity index (χ4v) is 3.74. The molecule has 3 aromatic rings. The van der Waals surface area contributed by atoms with E-state index in [1.807, 2.05) is 79.9 Å². The van der Waals surface area contributed by atoms with Crippen molar-refractivity contribution in [3.05, 3.63) is 66.0 Å². The highest BCUT2D eigenvalue weighted by Gasteiger charge is 2.24. The van der Waals surface area contributed by atoms with Gasteiger partial charge in [-0.2, -0.15) is 0 Å². The molecule has 0 aliphatic heterocycles. The number of aryl methyl sites for hydroxylation is 1. The Morgan fingerprint density at radius 3 is 2.45 bits per heavy atom. The Bertz CT molecular complexity index is 926. The summed E-state index contributed by atoms with van der Waals surface area (Å²) in [6.07, 6.45) is 0.639. The highest BCUT2D eigenvalue weighted by Crippen LogP contribution is 2.28. The molecule has 6 nitrogen and oxygen atoms in total. The Hall–Kier alpha value is -2.80. The Labute approximate surface area is 175 Å². The first-order valence-electron chi connectivity index (χ1n) is 9.64. The van der Waals surface area contributed by atoms with E-state index in [2.05, 4.69) is 10.2 Å². The molecule has 2 aromatic carbocycles. The third kappa shape index (κ3) is 5.38. The number of rotatable bonds is 9. The van der Waals surface area contributed by atoms with Gasteiger partial charge in [0.25, 0.3) is 0 Å². The summed E-state index contributed by atoms with van der Waals surface area (Å²) in [5, 5.41) is 8.98. The minimum atomic E-state index is -0.341. The molecule has 1 aromatic heterocycles. The normalized spacial score (nSPS) is 11.8. The van der Waals surface area contributed by atoms with Crippen molar-refractivity contribution >= 4 is 17.7 Å². The Balaban J connectivity index is 1.90. The lowest BCUT2D eigenvalue weighted by Gasteiger charge is -2.15. The summed E-state index contributed by atoms with van der Waals surface area (Å²) < 4.78 is 13.0. The maximum absolute atomic E-state index is 12.3. The lowest BCUT2D eigenvalue weighted by molar-refractivity contribution is -0.142. The Kier molecular flexibility index (Phi) is 7.30. The molecule has 0 spiro atoms. The minimum Gasteiger partial charge on any atom is -0.486 e. The van der Waals surface area contributed by atoms with E-state index in [-0.39, 0.29) is 17.8 Å². The van der Waals surface area contributed by atoms with Gasteiger partial charge in [0.15, 0.2) is 11.0 Å². The van der Waals surface area contributed by atoms with Crippen LogP contribution in [0.5, 0.6) is 5.75 Å². The summed E-state index contributed by atoms with van der Waals surface area (Å²) in [6.45, 7) is 6.43. The van der Waals surface area contributed by atoms with E-state index < -0.39 is 0 Å². The second-order valence-electron chi connectivity index (χ2n) is 6.44. The highest BCUT2D eigenvalue weighted by molar-refractivity contribution is 8.00. The van der Waals surface area contributed by atoms with Crippen molar-refractivity contribution in [1.82, 2.24) is 14.8 Å². The fraction of sp³-hybridized carbons (Fsp3) is 0.318. The maximum Gasteiger partial charge on any atom is 0.319 e. The number of hydrogen-bond acceptors (Lipinski definition) is 6. The standard InChI is InChI=1S/C22H25N3O3S/c1-4-19(21(26)27-5-2)29-22-24-23-20(15-28-18-9-7-6-8-10-18)25(22)17-13-11-16(3)12-14-17/h6-14,19H,4-5,15H2,1-3H3/t19-/m1/s1. The molecule has 0 saturated heterocycles. The Morgan fingerprint density at radius 2 is 1.79 bits per heavy atom. The molecular weight excluding hydrogens is 386 g/mol. The van der Waals surface area contributed by atoms with Crippen molar-refractivity contribution in [2.75, 3.05) is 6.61 Å². The summed E-state index contributed by atoms with van der Waals surface area (Å²) in [4.78, 5) is 12.3. The highest BCUT2D eigenvalue weighted by atomic mass is 32.2. The fourth-order valence-electron chi connectivity index (χ4n) is 2.75. The van der Waals surface area contributed by atoms with Crippen LogP contribution >= 0.6 is 11.8 Å². The SMILES string of the molecule is CCOC(=O)[C@@H](CC)Sc1nnc(COc2ccccc2)n1-c1ccc(C)cc1. The van der Waals surface area contributed by atoms with Crippen molar-refractivity contribution in [3.63, 3.8) is 0 Å². The lowest BCUT2D eigenvalue weighted by Crippen LogP contribution is -2.20. The molecular formula is C22H25N3O3S. The van der Waals surface area contributed by atoms with E-state index in [0.29, 0.717) is 24.0 Å². The zero-order valence-corrected chi connectivity index (χ0v) is 17.7. The quantitative estimate of drug-likeness (QED) is 0.379. The molecule has 0 unspecified atom stereocenters. The number of thioether (sulfide) groups is 1. The van der Waals surface area contributed by atoms with Gasteiger partial charge in [0.05, 0.1) is 6.61 Å². The van der Waals surface area contributed by atoms with Crippen molar-refractivity contribution < 1.29 is 14.3 Å². The summed E-state index contributed by atoms with van der Waals surface area (Å²) in [7, 11) is 0. The molecule has 0 fully saturated rings. The van der Waals surface area contributed by atoms with Gasteiger partial charge >= 0.3 is 5.97 Å². The summed E-state index contributed by atoms with van der Waals surface area (Å²) >= 11 is 1.36. The molecule has 3 rings (SSSR count). The van der Waals surface area contributed by atoms with Crippen LogP contribution < -0.4 is 4.74 Å². The lowest BCUT2D eigenvalue weighted by atomic mass is 10.2. The molecule has 0 aliphatic carbocycles. The molecule has 0 aliphatic rings. The van der Waals surface area contributed by atoms with Crippen LogP contribution in [-0.4, -0.2) is 32.6 Å². The number of carbonyl (C=O) groups excluding carboxylic acids is 1. The van der Waals surface area contributed by atoms with Crippen LogP contribution in [0.2, 0.25) is 0 Å². The average molecular weight is 412 g/mol. The number of esters is 1. The third-order valence-electron chi connectivity index (χ3n) is 4.27. The second kappa shape index (κ2) is 10.1. The number of ether oxygens (including phenoxy) is 2. The predicted molar refractivity (Wildman–Crippen MR) is 113 cm³/mol. The van der Waals surface area contributed by atoms with E-state index in [1.54, 1.807) is 0 Å². The van der Waals surface area contributed by atoms with Crippen molar-refractivity contribution in [1.29, 1.82) is 0 Å². The predicted octanol–water partition coefficient (Wildman–Crippen LogP) is 4.59. The maximum atomic E-state index is 12.3. The topological polar surface area (TPSA) is 66.2 Å². The van der Waals surface area contributed by atoms with Crippen molar-refractivity contribution in [3.8, 4) is 11.4 Å². The van der Waals surface area contributed by atoms with Gasteiger partial charge in [-0.25, -0.2) is 0 Å². The Morgan fingerprint density at radius 1 is 1.07 bits per heavy atom. The smallest absolute Gasteiger partial charge is 0.319 e. The third-order valence-corrected chi connectivity index (χ3v) is 5.56. The van der Waals surface area contributed by atoms with Gasteiger partial charge in [0.1, 0.15) is 17.6 Å². The van der Waals surface area contributed by atoms with E-state index in [1.165, 1.54) is 11.8 Å². The van der Waals surface area contributed by atoms with Crippen LogP contribution in [0.4, 0.5) is 0 Å². The molecule has 1 heterocycles. The summed E-state index contributed by atoms with van der Waals surface area (Å²) in [5.41, 5.74) is 2.09. The molecule has 0 bridgehead atoms. The van der Waals surface area contributed by atoms with Crippen LogP contribution in [0.1, 0.15) is 31.7 Å². The number of benzene rings is 2. The van der Waals surface area contributed by atoms with Crippen LogP contribution in [-0.2, 0) is 16.1 Å². The molecule has 0 N–H and O–H groups in total. The first-order chi connectivity index (χ1) is 14.1. The zero-order chi connectivity index (χ0) is 20.6. The van der Waals surface area contributed by atoms with E-state index in [4.69, 9.17) is 9.47 Å². The van der Waals surface area contributed by atoms with Gasteiger partial charge in [0, 0.05) is 5.69 Å². The number of hydrogen-bond donors (Lipinski definition) is 0. The van der Waals surface area contributed by atoms with Gasteiger partial charge in [-0.05, 0) is 44.5 Å². The molecule has 152 valence electrons. The number of para-hydroxylation sites is 1.